The molecule has 0 aliphatic carbocycles. The van der Waals surface area contributed by atoms with Gasteiger partial charge in [0.25, 0.3) is 16.8 Å². The van der Waals surface area contributed by atoms with Gasteiger partial charge in [0.1, 0.15) is 6.61 Å². The van der Waals surface area contributed by atoms with E-state index >= 15 is 0 Å². The number of carbonyl (C=O) groups is 2. The monoisotopic (exact) mass is 579 g/mol. The zero-order chi connectivity index (χ0) is 26.5. The number of nitro benzene ring substituents is 1. The Balaban J connectivity index is 1.50. The molecule has 37 heavy (non-hydrogen) atoms. The molecule has 0 saturated carbocycles. The average molecular weight is 580 g/mol. The SMILES string of the molecule is COc1cc(/C=C2/SC(=O)N(Cc3ccc([N+](=O)[O-])cc3)C2=O)cc(Br)c1OCc1ccc(C#N)cc1. The number of amides is 2. The third-order valence-electron chi connectivity index (χ3n) is 5.38. The van der Waals surface area contributed by atoms with Crippen molar-refractivity contribution >= 4 is 50.6 Å². The summed E-state index contributed by atoms with van der Waals surface area (Å²) in [4.78, 5) is 37.1. The van der Waals surface area contributed by atoms with Crippen LogP contribution in [0.5, 0.6) is 11.5 Å². The van der Waals surface area contributed by atoms with E-state index < -0.39 is 16.1 Å². The molecule has 0 N–H and O–H groups in total. The topological polar surface area (TPSA) is 123 Å². The summed E-state index contributed by atoms with van der Waals surface area (Å²) >= 11 is 4.31. The number of nitriles is 1. The molecule has 0 unspecified atom stereocenters. The van der Waals surface area contributed by atoms with Gasteiger partial charge in [-0.1, -0.05) is 24.3 Å². The number of nitrogens with zero attached hydrogens (tertiary/aromatic N) is 3. The van der Waals surface area contributed by atoms with E-state index in [9.17, 15) is 19.7 Å². The number of methoxy groups -OCH3 is 1. The van der Waals surface area contributed by atoms with Crippen LogP contribution in [0.1, 0.15) is 22.3 Å². The van der Waals surface area contributed by atoms with Gasteiger partial charge in [0.2, 0.25) is 0 Å². The Hall–Kier alpha value is -4.14. The molecule has 4 rings (SSSR count). The smallest absolute Gasteiger partial charge is 0.293 e. The Bertz CT molecular complexity index is 1450. The molecule has 3 aromatic carbocycles. The number of hydrogen-bond acceptors (Lipinski definition) is 8. The van der Waals surface area contributed by atoms with Crippen molar-refractivity contribution in [2.75, 3.05) is 7.11 Å². The van der Waals surface area contributed by atoms with Crippen molar-refractivity contribution in [2.24, 2.45) is 0 Å². The molecule has 1 heterocycles. The highest BCUT2D eigenvalue weighted by molar-refractivity contribution is 9.10. The predicted octanol–water partition coefficient (Wildman–Crippen LogP) is 6.05. The second kappa shape index (κ2) is 11.3. The first-order chi connectivity index (χ1) is 17.8. The first-order valence-corrected chi connectivity index (χ1v) is 12.4. The molecule has 3 aromatic rings. The van der Waals surface area contributed by atoms with Gasteiger partial charge >= 0.3 is 0 Å². The number of benzene rings is 3. The molecule has 1 fully saturated rings. The fourth-order valence-electron chi connectivity index (χ4n) is 3.49. The molecule has 0 bridgehead atoms. The fraction of sp³-hybridized carbons (Fsp3) is 0.115. The minimum atomic E-state index is -0.512. The summed E-state index contributed by atoms with van der Waals surface area (Å²) in [5.74, 6) is 0.444. The number of carbonyl (C=O) groups excluding carboxylic acids is 2. The lowest BCUT2D eigenvalue weighted by atomic mass is 10.1. The van der Waals surface area contributed by atoms with Crippen LogP contribution in [0.25, 0.3) is 6.08 Å². The fourth-order valence-corrected chi connectivity index (χ4v) is 4.90. The highest BCUT2D eigenvalue weighted by Crippen LogP contribution is 2.39. The van der Waals surface area contributed by atoms with Crippen LogP contribution in [0, 0.1) is 21.4 Å². The Morgan fingerprint density at radius 3 is 2.41 bits per heavy atom. The van der Waals surface area contributed by atoms with Gasteiger partial charge in [0, 0.05) is 12.1 Å². The van der Waals surface area contributed by atoms with Crippen molar-refractivity contribution in [3.8, 4) is 17.6 Å². The van der Waals surface area contributed by atoms with E-state index in [1.807, 2.05) is 0 Å². The summed E-state index contributed by atoms with van der Waals surface area (Å²) in [6, 6.07) is 18.3. The van der Waals surface area contributed by atoms with Gasteiger partial charge in [-0.15, -0.1) is 0 Å². The Kier molecular flexibility index (Phi) is 7.91. The number of halogens is 1. The average Bonchev–Trinajstić information content (AvgIpc) is 3.15. The van der Waals surface area contributed by atoms with Crippen LogP contribution < -0.4 is 9.47 Å². The lowest BCUT2D eigenvalue weighted by Crippen LogP contribution is -2.27. The van der Waals surface area contributed by atoms with E-state index in [0.29, 0.717) is 32.7 Å². The van der Waals surface area contributed by atoms with Gasteiger partial charge in [0.15, 0.2) is 11.5 Å². The maximum Gasteiger partial charge on any atom is 0.293 e. The van der Waals surface area contributed by atoms with E-state index in [0.717, 1.165) is 22.2 Å². The highest BCUT2D eigenvalue weighted by Gasteiger charge is 2.35. The number of ether oxygens (including phenoxy) is 2. The van der Waals surface area contributed by atoms with Crippen LogP contribution in [0.4, 0.5) is 10.5 Å². The summed E-state index contributed by atoms with van der Waals surface area (Å²) in [6.07, 6.45) is 1.60. The minimum absolute atomic E-state index is 0.00907. The second-order valence-electron chi connectivity index (χ2n) is 7.82. The normalized spacial score (nSPS) is 14.1. The number of rotatable bonds is 8. The number of hydrogen-bond donors (Lipinski definition) is 0. The molecule has 9 nitrogen and oxygen atoms in total. The number of nitro groups is 1. The Morgan fingerprint density at radius 1 is 1.11 bits per heavy atom. The molecule has 1 aliphatic heterocycles. The largest absolute Gasteiger partial charge is 0.493 e. The van der Waals surface area contributed by atoms with Gasteiger partial charge in [-0.3, -0.25) is 24.6 Å². The molecular formula is C26H18BrN3O6S. The number of imide groups is 1. The predicted molar refractivity (Wildman–Crippen MR) is 141 cm³/mol. The third kappa shape index (κ3) is 5.99. The summed E-state index contributed by atoms with van der Waals surface area (Å²) < 4.78 is 12.0. The molecule has 0 spiro atoms. The van der Waals surface area contributed by atoms with Crippen LogP contribution >= 0.6 is 27.7 Å². The molecule has 1 saturated heterocycles. The van der Waals surface area contributed by atoms with Gasteiger partial charge in [-0.05, 0) is 74.7 Å². The van der Waals surface area contributed by atoms with E-state index in [1.54, 1.807) is 42.5 Å². The summed E-state index contributed by atoms with van der Waals surface area (Å²) in [5.41, 5.74) is 2.59. The molecule has 0 atom stereocenters. The van der Waals surface area contributed by atoms with Gasteiger partial charge in [-0.2, -0.15) is 5.26 Å². The first-order valence-electron chi connectivity index (χ1n) is 10.8. The number of non-ortho nitro benzene ring substituents is 1. The quantitative estimate of drug-likeness (QED) is 0.179. The molecule has 2 amide bonds. The molecule has 11 heteroatoms. The van der Waals surface area contributed by atoms with Crippen LogP contribution in [0.15, 0.2) is 70.0 Å². The molecular weight excluding hydrogens is 562 g/mol. The maximum atomic E-state index is 12.9. The van der Waals surface area contributed by atoms with Crippen molar-refractivity contribution in [3.63, 3.8) is 0 Å². The molecule has 0 aromatic heterocycles. The zero-order valence-electron chi connectivity index (χ0n) is 19.3. The molecule has 186 valence electrons. The van der Waals surface area contributed by atoms with Gasteiger partial charge in [0.05, 0.1) is 39.6 Å². The standard InChI is InChI=1S/C26H18BrN3O6S/c1-35-22-11-19(10-21(27)24(22)36-15-18-4-2-16(13-28)3-5-18)12-23-25(31)29(26(32)37-23)14-17-6-8-20(9-7-17)30(33)34/h2-12H,14-15H2,1H3/b23-12+. The summed E-state index contributed by atoms with van der Waals surface area (Å²) in [5, 5.41) is 19.3. The number of thioether (sulfide) groups is 1. The minimum Gasteiger partial charge on any atom is -0.493 e. The second-order valence-corrected chi connectivity index (χ2v) is 9.67. The van der Waals surface area contributed by atoms with Crippen molar-refractivity contribution < 1.29 is 24.0 Å². The van der Waals surface area contributed by atoms with Crippen LogP contribution in [0.3, 0.4) is 0 Å². The van der Waals surface area contributed by atoms with Crippen molar-refractivity contribution in [2.45, 2.75) is 13.2 Å². The third-order valence-corrected chi connectivity index (χ3v) is 6.87. The Labute approximate surface area is 224 Å². The lowest BCUT2D eigenvalue weighted by Gasteiger charge is -2.14. The van der Waals surface area contributed by atoms with E-state index in [4.69, 9.17) is 14.7 Å². The maximum absolute atomic E-state index is 12.9. The van der Waals surface area contributed by atoms with Gasteiger partial charge < -0.3 is 9.47 Å². The highest BCUT2D eigenvalue weighted by atomic mass is 79.9. The summed E-state index contributed by atoms with van der Waals surface area (Å²) in [7, 11) is 1.50. The van der Waals surface area contributed by atoms with Crippen molar-refractivity contribution in [3.05, 3.63) is 102 Å². The molecule has 1 aliphatic rings. The van der Waals surface area contributed by atoms with Crippen LogP contribution in [-0.4, -0.2) is 28.1 Å². The summed E-state index contributed by atoms with van der Waals surface area (Å²) in [6.45, 7) is 0.261. The van der Waals surface area contributed by atoms with Gasteiger partial charge in [-0.25, -0.2) is 0 Å². The zero-order valence-corrected chi connectivity index (χ0v) is 21.7. The van der Waals surface area contributed by atoms with E-state index in [2.05, 4.69) is 22.0 Å². The van der Waals surface area contributed by atoms with Crippen molar-refractivity contribution in [1.29, 1.82) is 5.26 Å². The van der Waals surface area contributed by atoms with Crippen molar-refractivity contribution in [1.82, 2.24) is 4.90 Å². The lowest BCUT2D eigenvalue weighted by molar-refractivity contribution is -0.384. The van der Waals surface area contributed by atoms with E-state index in [-0.39, 0.29) is 23.7 Å². The Morgan fingerprint density at radius 2 is 1.78 bits per heavy atom. The van der Waals surface area contributed by atoms with Crippen LogP contribution in [0.2, 0.25) is 0 Å². The first kappa shape index (κ1) is 25.9. The van der Waals surface area contributed by atoms with Crippen LogP contribution in [-0.2, 0) is 17.9 Å². The molecule has 0 radical (unpaired) electrons. The van der Waals surface area contributed by atoms with E-state index in [1.165, 1.54) is 31.4 Å².